The Morgan fingerprint density at radius 2 is 1.65 bits per heavy atom. The Morgan fingerprint density at radius 3 is 2.20 bits per heavy atom. The van der Waals surface area contributed by atoms with Crippen LogP contribution in [0.15, 0.2) is 67.3 Å². The highest BCUT2D eigenvalue weighted by Gasteiger charge is 2.04. The lowest BCUT2D eigenvalue weighted by atomic mass is 9.96. The van der Waals surface area contributed by atoms with Crippen molar-refractivity contribution in [3.05, 3.63) is 78.4 Å². The molecule has 0 amide bonds. The van der Waals surface area contributed by atoms with Gasteiger partial charge in [0.25, 0.3) is 0 Å². The SMILES string of the molecule is C=C/C(=C(/C)c1ccc(OCC)cc1)c1ccccc1. The molecule has 1 nitrogen and oxygen atoms in total. The lowest BCUT2D eigenvalue weighted by molar-refractivity contribution is 0.340. The Morgan fingerprint density at radius 1 is 1.00 bits per heavy atom. The van der Waals surface area contributed by atoms with Crippen molar-refractivity contribution in [2.24, 2.45) is 0 Å². The van der Waals surface area contributed by atoms with Crippen molar-refractivity contribution in [3.8, 4) is 5.75 Å². The highest BCUT2D eigenvalue weighted by atomic mass is 16.5. The fourth-order valence-corrected chi connectivity index (χ4v) is 2.23. The molecule has 102 valence electrons. The molecule has 2 aromatic carbocycles. The molecular weight excluding hydrogens is 244 g/mol. The van der Waals surface area contributed by atoms with E-state index in [1.807, 2.05) is 43.3 Å². The minimum Gasteiger partial charge on any atom is -0.494 e. The van der Waals surface area contributed by atoms with Gasteiger partial charge in [-0.15, -0.1) is 0 Å². The van der Waals surface area contributed by atoms with Crippen molar-refractivity contribution in [1.29, 1.82) is 0 Å². The minimum atomic E-state index is 0.691. The van der Waals surface area contributed by atoms with Crippen molar-refractivity contribution < 1.29 is 4.74 Å². The first-order valence-electron chi connectivity index (χ1n) is 6.88. The summed E-state index contributed by atoms with van der Waals surface area (Å²) < 4.78 is 5.48. The fourth-order valence-electron chi connectivity index (χ4n) is 2.23. The molecular formula is C19H20O. The number of allylic oxidation sites excluding steroid dienone is 3. The second-order valence-electron chi connectivity index (χ2n) is 4.57. The summed E-state index contributed by atoms with van der Waals surface area (Å²) in [6, 6.07) is 18.5. The van der Waals surface area contributed by atoms with E-state index >= 15 is 0 Å². The lowest BCUT2D eigenvalue weighted by Crippen LogP contribution is -1.92. The minimum absolute atomic E-state index is 0.691. The zero-order chi connectivity index (χ0) is 14.4. The van der Waals surface area contributed by atoms with Crippen LogP contribution in [0.5, 0.6) is 5.75 Å². The zero-order valence-electron chi connectivity index (χ0n) is 12.1. The summed E-state index contributed by atoms with van der Waals surface area (Å²) in [6.07, 6.45) is 1.92. The number of rotatable bonds is 5. The molecule has 0 unspecified atom stereocenters. The first kappa shape index (κ1) is 14.1. The third-order valence-electron chi connectivity index (χ3n) is 3.29. The van der Waals surface area contributed by atoms with Crippen molar-refractivity contribution in [2.45, 2.75) is 13.8 Å². The van der Waals surface area contributed by atoms with Crippen LogP contribution in [0.4, 0.5) is 0 Å². The fraction of sp³-hybridized carbons (Fsp3) is 0.158. The molecule has 0 saturated carbocycles. The average molecular weight is 264 g/mol. The molecule has 1 heteroatoms. The summed E-state index contributed by atoms with van der Waals surface area (Å²) in [6.45, 7) is 8.75. The highest BCUT2D eigenvalue weighted by Crippen LogP contribution is 2.27. The van der Waals surface area contributed by atoms with Gasteiger partial charge in [-0.05, 0) is 48.3 Å². The molecule has 0 aliphatic carbocycles. The Labute approximate surface area is 121 Å². The molecule has 0 heterocycles. The van der Waals surface area contributed by atoms with Crippen molar-refractivity contribution in [1.82, 2.24) is 0 Å². The number of hydrogen-bond donors (Lipinski definition) is 0. The van der Waals surface area contributed by atoms with Gasteiger partial charge >= 0.3 is 0 Å². The van der Waals surface area contributed by atoms with Crippen molar-refractivity contribution >= 4 is 11.1 Å². The van der Waals surface area contributed by atoms with Crippen molar-refractivity contribution in [3.63, 3.8) is 0 Å². The summed E-state index contributed by atoms with van der Waals surface area (Å²) in [7, 11) is 0. The summed E-state index contributed by atoms with van der Waals surface area (Å²) in [4.78, 5) is 0. The van der Waals surface area contributed by atoms with Crippen LogP contribution in [0.25, 0.3) is 11.1 Å². The molecule has 0 fully saturated rings. The summed E-state index contributed by atoms with van der Waals surface area (Å²) >= 11 is 0. The molecule has 2 rings (SSSR count). The standard InChI is InChI=1S/C19H20O/c1-4-19(17-9-7-6-8-10-17)15(3)16-11-13-18(14-12-16)20-5-2/h4,6-14H,1,5H2,2-3H3/b19-15+. The second-order valence-corrected chi connectivity index (χ2v) is 4.57. The molecule has 20 heavy (non-hydrogen) atoms. The van der Waals surface area contributed by atoms with Crippen LogP contribution < -0.4 is 4.74 Å². The summed E-state index contributed by atoms with van der Waals surface area (Å²) in [5.41, 5.74) is 4.75. The van der Waals surface area contributed by atoms with E-state index in [2.05, 4.69) is 37.8 Å². The molecule has 0 spiro atoms. The maximum Gasteiger partial charge on any atom is 0.119 e. The predicted octanol–water partition coefficient (Wildman–Crippen LogP) is 5.20. The van der Waals surface area contributed by atoms with E-state index in [1.165, 1.54) is 16.7 Å². The van der Waals surface area contributed by atoms with Gasteiger partial charge in [0.05, 0.1) is 6.61 Å². The van der Waals surface area contributed by atoms with Gasteiger partial charge in [0.15, 0.2) is 0 Å². The smallest absolute Gasteiger partial charge is 0.119 e. The number of hydrogen-bond acceptors (Lipinski definition) is 1. The molecule has 0 bridgehead atoms. The second kappa shape index (κ2) is 6.76. The quantitative estimate of drug-likeness (QED) is 0.532. The van der Waals surface area contributed by atoms with Gasteiger partial charge in [-0.1, -0.05) is 55.1 Å². The third-order valence-corrected chi connectivity index (χ3v) is 3.29. The molecule has 0 aliphatic rings. The summed E-state index contributed by atoms with van der Waals surface area (Å²) in [5.74, 6) is 0.906. The predicted molar refractivity (Wildman–Crippen MR) is 86.7 cm³/mol. The molecule has 0 aromatic heterocycles. The van der Waals surface area contributed by atoms with Crippen LogP contribution in [0.2, 0.25) is 0 Å². The Balaban J connectivity index is 2.38. The van der Waals surface area contributed by atoms with E-state index in [9.17, 15) is 0 Å². The largest absolute Gasteiger partial charge is 0.494 e. The highest BCUT2D eigenvalue weighted by molar-refractivity contribution is 5.94. The van der Waals surface area contributed by atoms with E-state index in [4.69, 9.17) is 4.74 Å². The Bertz CT molecular complexity index is 591. The maximum absolute atomic E-state index is 5.48. The van der Waals surface area contributed by atoms with E-state index in [0.29, 0.717) is 6.61 Å². The van der Waals surface area contributed by atoms with E-state index in [-0.39, 0.29) is 0 Å². The van der Waals surface area contributed by atoms with Crippen LogP contribution in [-0.2, 0) is 0 Å². The monoisotopic (exact) mass is 264 g/mol. The van der Waals surface area contributed by atoms with Gasteiger partial charge in [0.2, 0.25) is 0 Å². The molecule has 0 radical (unpaired) electrons. The van der Waals surface area contributed by atoms with E-state index in [0.717, 1.165) is 11.3 Å². The van der Waals surface area contributed by atoms with Gasteiger partial charge in [0.1, 0.15) is 5.75 Å². The Hall–Kier alpha value is -2.28. The topological polar surface area (TPSA) is 9.23 Å². The zero-order valence-corrected chi connectivity index (χ0v) is 12.1. The average Bonchev–Trinajstić information content (AvgIpc) is 2.50. The van der Waals surface area contributed by atoms with Crippen LogP contribution >= 0.6 is 0 Å². The normalized spacial score (nSPS) is 11.7. The van der Waals surface area contributed by atoms with Gasteiger partial charge in [-0.2, -0.15) is 0 Å². The van der Waals surface area contributed by atoms with Crippen molar-refractivity contribution in [2.75, 3.05) is 6.61 Å². The Kier molecular flexibility index (Phi) is 4.78. The third kappa shape index (κ3) is 3.18. The molecule has 0 saturated heterocycles. The van der Waals surface area contributed by atoms with Gasteiger partial charge < -0.3 is 4.74 Å². The van der Waals surface area contributed by atoms with E-state index < -0.39 is 0 Å². The van der Waals surface area contributed by atoms with Crippen LogP contribution in [0.3, 0.4) is 0 Å². The molecule has 0 atom stereocenters. The van der Waals surface area contributed by atoms with Gasteiger partial charge in [-0.3, -0.25) is 0 Å². The molecule has 2 aromatic rings. The van der Waals surface area contributed by atoms with Gasteiger partial charge in [0, 0.05) is 0 Å². The van der Waals surface area contributed by atoms with E-state index in [1.54, 1.807) is 0 Å². The molecule has 0 aliphatic heterocycles. The van der Waals surface area contributed by atoms with Crippen LogP contribution in [0.1, 0.15) is 25.0 Å². The lowest BCUT2D eigenvalue weighted by Gasteiger charge is -2.10. The number of ether oxygens (including phenoxy) is 1. The van der Waals surface area contributed by atoms with Crippen LogP contribution in [0, 0.1) is 0 Å². The summed E-state index contributed by atoms with van der Waals surface area (Å²) in [5, 5.41) is 0. The first-order valence-corrected chi connectivity index (χ1v) is 6.88. The first-order chi connectivity index (χ1) is 9.76. The molecule has 0 N–H and O–H groups in total. The maximum atomic E-state index is 5.48. The number of benzene rings is 2. The van der Waals surface area contributed by atoms with Gasteiger partial charge in [-0.25, -0.2) is 0 Å². The van der Waals surface area contributed by atoms with Crippen LogP contribution in [-0.4, -0.2) is 6.61 Å².